The number of hydrogen-bond acceptors (Lipinski definition) is 1. The number of aliphatic hydroxyl groups excluding tert-OH is 1. The van der Waals surface area contributed by atoms with Crippen LogP contribution < -0.4 is 0 Å². The third-order valence-electron chi connectivity index (χ3n) is 1.92. The molecule has 2 aromatic rings. The Hall–Kier alpha value is -0.0857. The van der Waals surface area contributed by atoms with Gasteiger partial charge in [0.05, 0.1) is 0 Å². The van der Waals surface area contributed by atoms with Gasteiger partial charge in [0, 0.05) is 6.61 Å². The van der Waals surface area contributed by atoms with Gasteiger partial charge in [-0.1, -0.05) is 33.8 Å². The van der Waals surface area contributed by atoms with Crippen LogP contribution in [0.4, 0.5) is 0 Å². The Morgan fingerprint density at radius 1 is 1.21 bits per heavy atom. The van der Waals surface area contributed by atoms with Crippen LogP contribution in [0.1, 0.15) is 32.8 Å². The Morgan fingerprint density at radius 3 is 1.92 bits per heavy atom. The second-order valence-electron chi connectivity index (χ2n) is 5.49. The Balaban J connectivity index is -0.0000000755. The SMILES string of the molecule is CC(C)(C)[NH-].Cc1cc2ccccc2[cH-]1.Cl.Cl.[CH2-]CCO.[CH2]=[Ti].[CH3-]. The molecule has 2 nitrogen and oxygen atoms in total. The summed E-state index contributed by atoms with van der Waals surface area (Å²) in [6.07, 6.45) is 0.625. The smallest absolute Gasteiger partial charge is 0.358 e. The quantitative estimate of drug-likeness (QED) is 0.444. The molecule has 142 valence electrons. The van der Waals surface area contributed by atoms with Crippen LogP contribution in [0.2, 0.25) is 0 Å². The number of aliphatic hydroxyl groups is 1. The van der Waals surface area contributed by atoms with Gasteiger partial charge >= 0.3 is 24.8 Å². The van der Waals surface area contributed by atoms with E-state index in [1.54, 1.807) is 20.0 Å². The maximum absolute atomic E-state index is 7.81. The van der Waals surface area contributed by atoms with E-state index in [2.05, 4.69) is 55.1 Å². The molecular formula is C19H33Cl2NOTi-4. The number of nitrogens with one attached hydrogen (secondary N) is 1. The van der Waals surface area contributed by atoms with Crippen LogP contribution in [0.25, 0.3) is 16.5 Å². The van der Waals surface area contributed by atoms with Gasteiger partial charge in [-0.15, -0.1) is 71.0 Å². The fraction of sp³-hybridized carbons (Fsp3) is 0.368. The van der Waals surface area contributed by atoms with E-state index in [1.165, 1.54) is 16.3 Å². The van der Waals surface area contributed by atoms with Gasteiger partial charge in [-0.25, -0.2) is 0 Å². The number of hydrogen-bond donors (Lipinski definition) is 1. The summed E-state index contributed by atoms with van der Waals surface area (Å²) >= 11 is 1.75. The van der Waals surface area contributed by atoms with Crippen LogP contribution in [-0.4, -0.2) is 22.1 Å². The van der Waals surface area contributed by atoms with Gasteiger partial charge in [-0.2, -0.15) is 12.5 Å². The second kappa shape index (κ2) is 21.0. The Kier molecular flexibility index (Phi) is 30.6. The Morgan fingerprint density at radius 2 is 1.58 bits per heavy atom. The standard InChI is InChI=1S/C10H9.C4H10N.C3H7O.CH3.CH2.2ClH.Ti/c1-8-6-9-4-2-3-5-10(9)7-8;1-4(2,3)5;1-2-3-4;;;;;/h2-7H,1H3;5H,1-3H3;4H,1-3H2;1H3;1H2;2*1H;/q4*-1;;;;. The van der Waals surface area contributed by atoms with Crippen LogP contribution >= 0.6 is 24.8 Å². The van der Waals surface area contributed by atoms with Crippen molar-refractivity contribution < 1.29 is 25.1 Å². The summed E-state index contributed by atoms with van der Waals surface area (Å²) in [5.41, 5.74) is 8.04. The van der Waals surface area contributed by atoms with E-state index >= 15 is 0 Å². The molecule has 0 spiro atoms. The van der Waals surface area contributed by atoms with E-state index in [0.29, 0.717) is 6.42 Å². The molecule has 0 saturated carbocycles. The molecule has 2 aromatic carbocycles. The van der Waals surface area contributed by atoms with Crippen molar-refractivity contribution in [3.63, 3.8) is 0 Å². The van der Waals surface area contributed by atoms with Gasteiger partial charge in [-0.3, -0.25) is 0 Å². The first-order chi connectivity index (χ1) is 9.77. The van der Waals surface area contributed by atoms with Crippen molar-refractivity contribution in [2.75, 3.05) is 6.61 Å². The number of rotatable bonds is 1. The Bertz CT molecular complexity index is 440. The molecule has 5 heteroatoms. The van der Waals surface area contributed by atoms with Gasteiger partial charge < -0.3 is 25.2 Å². The summed E-state index contributed by atoms with van der Waals surface area (Å²) in [5, 5.41) is 10.5. The molecule has 0 radical (unpaired) electrons. The van der Waals surface area contributed by atoms with Crippen LogP contribution in [0, 0.1) is 21.3 Å². The minimum absolute atomic E-state index is 0. The van der Waals surface area contributed by atoms with Crippen LogP contribution in [0.15, 0.2) is 36.4 Å². The minimum Gasteiger partial charge on any atom is -0.358 e. The van der Waals surface area contributed by atoms with Gasteiger partial charge in [0.1, 0.15) is 0 Å². The van der Waals surface area contributed by atoms with Crippen molar-refractivity contribution in [1.29, 1.82) is 0 Å². The van der Waals surface area contributed by atoms with Gasteiger partial charge in [0.15, 0.2) is 0 Å². The normalized spacial score (nSPS) is 8.25. The third-order valence-corrected chi connectivity index (χ3v) is 1.92. The Labute approximate surface area is 173 Å². The molecule has 0 bridgehead atoms. The number of benzene rings is 1. The predicted molar refractivity (Wildman–Crippen MR) is 113 cm³/mol. The van der Waals surface area contributed by atoms with Crippen molar-refractivity contribution in [3.8, 4) is 0 Å². The van der Waals surface area contributed by atoms with E-state index in [4.69, 9.17) is 10.8 Å². The zero-order chi connectivity index (χ0) is 16.9. The minimum atomic E-state index is -0.250. The summed E-state index contributed by atoms with van der Waals surface area (Å²) in [5.74, 6) is 0. The summed E-state index contributed by atoms with van der Waals surface area (Å²) in [4.78, 5) is 3.25. The molecule has 2 N–H and O–H groups in total. The van der Waals surface area contributed by atoms with Crippen molar-refractivity contribution in [3.05, 3.63) is 62.0 Å². The summed E-state index contributed by atoms with van der Waals surface area (Å²) in [6.45, 7) is 11.2. The molecule has 0 aliphatic heterocycles. The molecule has 24 heavy (non-hydrogen) atoms. The summed E-state index contributed by atoms with van der Waals surface area (Å²) < 4.78 is 0. The van der Waals surface area contributed by atoms with Crippen molar-refractivity contribution in [2.45, 2.75) is 39.7 Å². The fourth-order valence-electron chi connectivity index (χ4n) is 1.31. The molecule has 0 unspecified atom stereocenters. The van der Waals surface area contributed by atoms with E-state index < -0.39 is 0 Å². The molecule has 0 aliphatic rings. The van der Waals surface area contributed by atoms with E-state index in [0.717, 1.165) is 0 Å². The third kappa shape index (κ3) is 24.2. The van der Waals surface area contributed by atoms with Crippen molar-refractivity contribution in [1.82, 2.24) is 0 Å². The molecule has 0 aliphatic carbocycles. The summed E-state index contributed by atoms with van der Waals surface area (Å²) in [7, 11) is 0. The maximum atomic E-state index is 7.81. The predicted octanol–water partition coefficient (Wildman–Crippen LogP) is 6.17. The zero-order valence-electron chi connectivity index (χ0n) is 15.6. The first-order valence-electron chi connectivity index (χ1n) is 6.90. The van der Waals surface area contributed by atoms with Gasteiger partial charge in [0.25, 0.3) is 0 Å². The van der Waals surface area contributed by atoms with Crippen LogP contribution in [0.5, 0.6) is 0 Å². The van der Waals surface area contributed by atoms with E-state index in [1.807, 2.05) is 20.8 Å². The number of halogens is 2. The van der Waals surface area contributed by atoms with Gasteiger partial charge in [0.2, 0.25) is 0 Å². The average Bonchev–Trinajstić information content (AvgIpc) is 2.79. The number of aryl methyl sites for hydroxylation is 1. The molecule has 0 amide bonds. The van der Waals surface area contributed by atoms with Crippen molar-refractivity contribution in [2.24, 2.45) is 0 Å². The van der Waals surface area contributed by atoms with Gasteiger partial charge in [-0.05, 0) is 0 Å². The first kappa shape index (κ1) is 35.1. The molecule has 0 saturated heterocycles. The van der Waals surface area contributed by atoms with Crippen molar-refractivity contribution >= 4 is 40.4 Å². The van der Waals surface area contributed by atoms with Crippen LogP contribution in [0.3, 0.4) is 0 Å². The van der Waals surface area contributed by atoms with E-state index in [-0.39, 0.29) is 44.4 Å². The maximum Gasteiger partial charge on any atom is -0.358 e. The molecule has 0 atom stereocenters. The molecule has 2 rings (SSSR count). The van der Waals surface area contributed by atoms with Crippen LogP contribution in [-0.2, 0) is 20.0 Å². The number of fused-ring (bicyclic) bond motifs is 1. The molecule has 0 aromatic heterocycles. The van der Waals surface area contributed by atoms with E-state index in [9.17, 15) is 0 Å². The zero-order valence-corrected chi connectivity index (χ0v) is 18.8. The second-order valence-corrected chi connectivity index (χ2v) is 5.49. The molecular weight excluding hydrogens is 377 g/mol. The average molecular weight is 410 g/mol. The fourth-order valence-corrected chi connectivity index (χ4v) is 1.31. The summed E-state index contributed by atoms with van der Waals surface area (Å²) in [6, 6.07) is 12.8. The molecule has 0 heterocycles. The largest absolute Gasteiger partial charge is 0.358 e. The topological polar surface area (TPSA) is 44.0 Å². The molecule has 0 fully saturated rings. The monoisotopic (exact) mass is 409 g/mol. The first-order valence-corrected chi connectivity index (χ1v) is 8.01.